The van der Waals surface area contributed by atoms with E-state index in [0.29, 0.717) is 0 Å². The van der Waals surface area contributed by atoms with Crippen LogP contribution in [0.1, 0.15) is 103 Å². The van der Waals surface area contributed by atoms with E-state index in [0.717, 1.165) is 6.42 Å². The van der Waals surface area contributed by atoms with E-state index in [4.69, 9.17) is 0 Å². The van der Waals surface area contributed by atoms with Gasteiger partial charge in [0.1, 0.15) is 0 Å². The smallest absolute Gasteiger partial charge is 0.269 e. The van der Waals surface area contributed by atoms with Gasteiger partial charge < -0.3 is 4.90 Å². The van der Waals surface area contributed by atoms with Crippen molar-refractivity contribution < 1.29 is 4.92 Å². The molecule has 0 saturated heterocycles. The van der Waals surface area contributed by atoms with Gasteiger partial charge in [-0.1, -0.05) is 83.8 Å². The molecule has 0 bridgehead atoms. The third-order valence-electron chi connectivity index (χ3n) is 5.74. The molecule has 0 atom stereocenters. The largest absolute Gasteiger partial charge is 0.303 e. The molecule has 0 N–H and O–H groups in total. The Morgan fingerprint density at radius 3 is 1.59 bits per heavy atom. The monoisotopic (exact) mass is 404 g/mol. The van der Waals surface area contributed by atoms with Gasteiger partial charge in [-0.15, -0.1) is 0 Å². The van der Waals surface area contributed by atoms with E-state index in [1.165, 1.54) is 109 Å². The highest BCUT2D eigenvalue weighted by atomic mass is 16.6. The van der Waals surface area contributed by atoms with Gasteiger partial charge in [0.25, 0.3) is 5.69 Å². The Hall–Kier alpha value is -1.42. The maximum absolute atomic E-state index is 10.7. The van der Waals surface area contributed by atoms with Gasteiger partial charge in [-0.25, -0.2) is 0 Å². The van der Waals surface area contributed by atoms with Crippen molar-refractivity contribution in [3.8, 4) is 0 Å². The normalized spacial score (nSPS) is 11.3. The highest BCUT2D eigenvalue weighted by Gasteiger charge is 2.06. The van der Waals surface area contributed by atoms with Crippen LogP contribution in [0.3, 0.4) is 0 Å². The Bertz CT molecular complexity index is 502. The summed E-state index contributed by atoms with van der Waals surface area (Å²) < 4.78 is 0. The molecule has 4 nitrogen and oxygen atoms in total. The second-order valence-corrected chi connectivity index (χ2v) is 8.40. The Morgan fingerprint density at radius 1 is 0.690 bits per heavy atom. The van der Waals surface area contributed by atoms with Crippen molar-refractivity contribution in [3.63, 3.8) is 0 Å². The average molecular weight is 405 g/mol. The summed E-state index contributed by atoms with van der Waals surface area (Å²) in [5, 5.41) is 10.7. The molecule has 166 valence electrons. The number of nitrogens with zero attached hydrogens (tertiary/aromatic N) is 2. The number of hydrogen-bond acceptors (Lipinski definition) is 3. The van der Waals surface area contributed by atoms with Crippen molar-refractivity contribution in [3.05, 3.63) is 39.9 Å². The molecule has 0 spiro atoms. The summed E-state index contributed by atoms with van der Waals surface area (Å²) in [6.45, 7) is 8.31. The first kappa shape index (κ1) is 25.6. The first-order valence-corrected chi connectivity index (χ1v) is 12.1. The molecule has 29 heavy (non-hydrogen) atoms. The molecule has 0 fully saturated rings. The van der Waals surface area contributed by atoms with Crippen LogP contribution in [0.5, 0.6) is 0 Å². The lowest BCUT2D eigenvalue weighted by Gasteiger charge is -2.22. The second-order valence-electron chi connectivity index (χ2n) is 8.40. The van der Waals surface area contributed by atoms with Gasteiger partial charge >= 0.3 is 0 Å². The van der Waals surface area contributed by atoms with Crippen LogP contribution in [0.15, 0.2) is 24.3 Å². The van der Waals surface area contributed by atoms with Gasteiger partial charge in [0.15, 0.2) is 0 Å². The zero-order chi connectivity index (χ0) is 21.2. The molecule has 0 aromatic heterocycles. The minimum Gasteiger partial charge on any atom is -0.303 e. The van der Waals surface area contributed by atoms with E-state index in [2.05, 4.69) is 18.7 Å². The lowest BCUT2D eigenvalue weighted by Crippen LogP contribution is -2.27. The molecule has 1 aromatic rings. The summed E-state index contributed by atoms with van der Waals surface area (Å²) in [7, 11) is 0. The van der Waals surface area contributed by atoms with Crippen LogP contribution in [-0.2, 0) is 6.42 Å². The average Bonchev–Trinajstić information content (AvgIpc) is 2.73. The van der Waals surface area contributed by atoms with Crippen LogP contribution < -0.4 is 0 Å². The number of nitro benzene ring substituents is 1. The first-order valence-electron chi connectivity index (χ1n) is 12.1. The molecule has 4 heteroatoms. The molecule has 1 aromatic carbocycles. The lowest BCUT2D eigenvalue weighted by molar-refractivity contribution is -0.384. The van der Waals surface area contributed by atoms with Crippen molar-refractivity contribution in [2.75, 3.05) is 19.6 Å². The quantitative estimate of drug-likeness (QED) is 0.136. The summed E-state index contributed by atoms with van der Waals surface area (Å²) in [6, 6.07) is 7.04. The van der Waals surface area contributed by atoms with Crippen molar-refractivity contribution in [2.45, 2.75) is 104 Å². The number of non-ortho nitro benzene ring substituents is 1. The third kappa shape index (κ3) is 13.4. The van der Waals surface area contributed by atoms with E-state index < -0.39 is 0 Å². The van der Waals surface area contributed by atoms with Crippen LogP contribution >= 0.6 is 0 Å². The molecule has 0 radical (unpaired) electrons. The Balaban J connectivity index is 2.23. The number of aryl methyl sites for hydroxylation is 1. The van der Waals surface area contributed by atoms with E-state index in [9.17, 15) is 10.1 Å². The van der Waals surface area contributed by atoms with Gasteiger partial charge in [-0.05, 0) is 57.3 Å². The highest BCUT2D eigenvalue weighted by Crippen LogP contribution is 2.14. The Kier molecular flexibility index (Phi) is 15.4. The zero-order valence-electron chi connectivity index (χ0n) is 19.0. The molecule has 0 heterocycles. The molecule has 0 aliphatic heterocycles. The van der Waals surface area contributed by atoms with E-state index in [-0.39, 0.29) is 10.6 Å². The van der Waals surface area contributed by atoms with E-state index in [1.54, 1.807) is 12.1 Å². The molecule has 0 saturated carbocycles. The van der Waals surface area contributed by atoms with Crippen molar-refractivity contribution >= 4 is 5.69 Å². The summed E-state index contributed by atoms with van der Waals surface area (Å²) >= 11 is 0. The van der Waals surface area contributed by atoms with Crippen molar-refractivity contribution in [2.24, 2.45) is 0 Å². The fourth-order valence-electron chi connectivity index (χ4n) is 3.84. The van der Waals surface area contributed by atoms with Crippen LogP contribution in [-0.4, -0.2) is 29.5 Å². The maximum atomic E-state index is 10.7. The molecular formula is C25H44N2O2. The minimum absolute atomic E-state index is 0.183. The topological polar surface area (TPSA) is 46.4 Å². The van der Waals surface area contributed by atoms with Gasteiger partial charge in [0.2, 0.25) is 0 Å². The fraction of sp³-hybridized carbons (Fsp3) is 0.760. The van der Waals surface area contributed by atoms with Crippen LogP contribution in [0, 0.1) is 10.1 Å². The second kappa shape index (κ2) is 17.4. The van der Waals surface area contributed by atoms with E-state index in [1.807, 2.05) is 12.1 Å². The zero-order valence-corrected chi connectivity index (χ0v) is 19.0. The van der Waals surface area contributed by atoms with Crippen LogP contribution in [0.4, 0.5) is 5.69 Å². The Labute approximate surface area is 179 Å². The van der Waals surface area contributed by atoms with Gasteiger partial charge in [-0.3, -0.25) is 10.1 Å². The fourth-order valence-corrected chi connectivity index (χ4v) is 3.84. The van der Waals surface area contributed by atoms with Gasteiger partial charge in [-0.2, -0.15) is 0 Å². The third-order valence-corrected chi connectivity index (χ3v) is 5.74. The van der Waals surface area contributed by atoms with Crippen molar-refractivity contribution in [1.82, 2.24) is 4.90 Å². The standard InChI is InChI=1S/C25H44N2O2/c1-3-5-7-9-13-21-26(22-14-10-8-6-4-2)23-15-11-12-16-24-17-19-25(20-18-24)27(28)29/h17-20H,3-16,21-23H2,1-2H3. The molecule has 0 aliphatic rings. The molecule has 0 amide bonds. The summed E-state index contributed by atoms with van der Waals surface area (Å²) in [5.74, 6) is 0. The van der Waals surface area contributed by atoms with Crippen molar-refractivity contribution in [1.29, 1.82) is 0 Å². The summed E-state index contributed by atoms with van der Waals surface area (Å²) in [4.78, 5) is 13.1. The maximum Gasteiger partial charge on any atom is 0.269 e. The lowest BCUT2D eigenvalue weighted by atomic mass is 10.1. The number of benzene rings is 1. The first-order chi connectivity index (χ1) is 14.2. The van der Waals surface area contributed by atoms with Crippen LogP contribution in [0.2, 0.25) is 0 Å². The number of nitro groups is 1. The molecular weight excluding hydrogens is 360 g/mol. The number of rotatable bonds is 19. The van der Waals surface area contributed by atoms with Gasteiger partial charge in [0.05, 0.1) is 4.92 Å². The van der Waals surface area contributed by atoms with E-state index >= 15 is 0 Å². The summed E-state index contributed by atoms with van der Waals surface area (Å²) in [5.41, 5.74) is 1.39. The van der Waals surface area contributed by atoms with Gasteiger partial charge in [0, 0.05) is 12.1 Å². The number of unbranched alkanes of at least 4 members (excludes halogenated alkanes) is 10. The minimum atomic E-state index is -0.330. The Morgan fingerprint density at radius 2 is 1.14 bits per heavy atom. The predicted octanol–water partition coefficient (Wildman–Crippen LogP) is 7.55. The molecule has 1 rings (SSSR count). The molecule has 0 aliphatic carbocycles. The predicted molar refractivity (Wildman–Crippen MR) is 125 cm³/mol. The SMILES string of the molecule is CCCCCCCN(CCCCCCC)CCCCCc1ccc([N+](=O)[O-])cc1. The summed E-state index contributed by atoms with van der Waals surface area (Å²) in [6.07, 6.45) is 18.3. The number of hydrogen-bond donors (Lipinski definition) is 0. The van der Waals surface area contributed by atoms with Crippen LogP contribution in [0.25, 0.3) is 0 Å². The highest BCUT2D eigenvalue weighted by molar-refractivity contribution is 5.32. The molecule has 0 unspecified atom stereocenters.